The molecule has 0 fully saturated rings. The molecule has 0 bridgehead atoms. The smallest absolute Gasteiger partial charge is 0.0530 e. The van der Waals surface area contributed by atoms with Crippen molar-refractivity contribution in [3.05, 3.63) is 81.4 Å². The topological polar surface area (TPSA) is 8.82 Å². The van der Waals surface area contributed by atoms with Crippen LogP contribution in [-0.2, 0) is 12.8 Å². The summed E-state index contributed by atoms with van der Waals surface area (Å²) in [6.45, 7) is 18.0. The summed E-state index contributed by atoms with van der Waals surface area (Å²) >= 11 is 0. The quantitative estimate of drug-likeness (QED) is 0.336. The first-order valence-corrected chi connectivity index (χ1v) is 11.2. The van der Waals surface area contributed by atoms with Gasteiger partial charge >= 0.3 is 0 Å². The summed E-state index contributed by atoms with van der Waals surface area (Å²) in [4.78, 5) is 0. The molecule has 2 nitrogen and oxygen atoms in total. The fraction of sp³-hybridized carbons (Fsp3) is 0.357. The second-order valence-electron chi connectivity index (χ2n) is 8.71. The molecule has 4 rings (SSSR count). The van der Waals surface area contributed by atoms with Gasteiger partial charge < -0.3 is 8.80 Å². The van der Waals surface area contributed by atoms with Crippen LogP contribution in [0, 0.1) is 27.7 Å². The second kappa shape index (κ2) is 7.50. The molecule has 0 aliphatic heterocycles. The highest BCUT2D eigenvalue weighted by Crippen LogP contribution is 2.38. The lowest BCUT2D eigenvalue weighted by Crippen LogP contribution is -1.92. The third kappa shape index (κ3) is 2.93. The van der Waals surface area contributed by atoms with Crippen molar-refractivity contribution in [3.63, 3.8) is 0 Å². The zero-order valence-electron chi connectivity index (χ0n) is 19.8. The van der Waals surface area contributed by atoms with E-state index in [1.165, 1.54) is 66.9 Å². The number of pyridine rings is 2. The molecule has 0 radical (unpaired) electrons. The maximum absolute atomic E-state index is 2.38. The van der Waals surface area contributed by atoms with Gasteiger partial charge in [0, 0.05) is 34.9 Å². The Hall–Kier alpha value is -2.74. The maximum atomic E-state index is 2.38. The van der Waals surface area contributed by atoms with E-state index in [2.05, 4.69) is 101 Å². The van der Waals surface area contributed by atoms with Crippen molar-refractivity contribution in [3.8, 4) is 0 Å². The zero-order chi connectivity index (χ0) is 21.7. The van der Waals surface area contributed by atoms with Crippen molar-refractivity contribution in [2.24, 2.45) is 0 Å². The van der Waals surface area contributed by atoms with E-state index in [0.29, 0.717) is 0 Å². The van der Waals surface area contributed by atoms with Crippen LogP contribution < -0.4 is 0 Å². The van der Waals surface area contributed by atoms with Gasteiger partial charge in [0.1, 0.15) is 0 Å². The molecule has 0 aliphatic rings. The van der Waals surface area contributed by atoms with Gasteiger partial charge in [0.15, 0.2) is 0 Å². The molecule has 0 aliphatic carbocycles. The maximum Gasteiger partial charge on any atom is 0.0530 e. The van der Waals surface area contributed by atoms with Gasteiger partial charge in [-0.15, -0.1) is 0 Å². The monoisotopic (exact) mass is 398 g/mol. The molecule has 0 spiro atoms. The Morgan fingerprint density at radius 2 is 1.00 bits per heavy atom. The number of allylic oxidation sites excluding steroid dienone is 2. The van der Waals surface area contributed by atoms with Gasteiger partial charge in [-0.1, -0.05) is 26.0 Å². The van der Waals surface area contributed by atoms with Crippen molar-refractivity contribution >= 4 is 22.2 Å². The SMILES string of the molecule is CCc1ccc2c(/C(C)=C(\C)c3c(C)c(C)n4cc(CC)ccc34)c(C)c(C)n2c1. The molecule has 0 atom stereocenters. The Kier molecular flexibility index (Phi) is 5.13. The van der Waals surface area contributed by atoms with Crippen molar-refractivity contribution in [2.45, 2.75) is 68.2 Å². The van der Waals surface area contributed by atoms with Crippen LogP contribution in [0.15, 0.2) is 36.7 Å². The molecule has 0 aromatic carbocycles. The summed E-state index contributed by atoms with van der Waals surface area (Å²) < 4.78 is 4.76. The minimum Gasteiger partial charge on any atom is -0.320 e. The number of fused-ring (bicyclic) bond motifs is 2. The van der Waals surface area contributed by atoms with E-state index < -0.39 is 0 Å². The number of rotatable bonds is 4. The molecule has 4 aromatic heterocycles. The van der Waals surface area contributed by atoms with Crippen molar-refractivity contribution in [1.29, 1.82) is 0 Å². The fourth-order valence-corrected chi connectivity index (χ4v) is 4.90. The Bertz CT molecular complexity index is 1210. The first kappa shape index (κ1) is 20.5. The van der Waals surface area contributed by atoms with E-state index in [0.717, 1.165) is 12.8 Å². The predicted molar refractivity (Wildman–Crippen MR) is 131 cm³/mol. The Morgan fingerprint density at radius 3 is 1.33 bits per heavy atom. The van der Waals surface area contributed by atoms with Crippen molar-refractivity contribution in [1.82, 2.24) is 8.80 Å². The fourth-order valence-electron chi connectivity index (χ4n) is 4.90. The number of hydrogen-bond acceptors (Lipinski definition) is 0. The van der Waals surface area contributed by atoms with Gasteiger partial charge in [0.05, 0.1) is 11.0 Å². The van der Waals surface area contributed by atoms with Gasteiger partial charge in [0.25, 0.3) is 0 Å². The lowest BCUT2D eigenvalue weighted by Gasteiger charge is -2.11. The lowest BCUT2D eigenvalue weighted by molar-refractivity contribution is 1.03. The van der Waals surface area contributed by atoms with Gasteiger partial charge in [-0.3, -0.25) is 0 Å². The molecule has 4 heterocycles. The highest BCUT2D eigenvalue weighted by Gasteiger charge is 2.19. The van der Waals surface area contributed by atoms with Crippen LogP contribution in [0.2, 0.25) is 0 Å². The third-order valence-corrected chi connectivity index (χ3v) is 7.22. The molecule has 2 heteroatoms. The number of aryl methyl sites for hydroxylation is 4. The third-order valence-electron chi connectivity index (χ3n) is 7.22. The molecule has 156 valence electrons. The first-order valence-electron chi connectivity index (χ1n) is 11.2. The molecule has 0 amide bonds. The predicted octanol–water partition coefficient (Wildman–Crippen LogP) is 7.50. The molecule has 0 saturated carbocycles. The molecule has 0 unspecified atom stereocenters. The van der Waals surface area contributed by atoms with Crippen molar-refractivity contribution < 1.29 is 0 Å². The summed E-state index contributed by atoms with van der Waals surface area (Å²) in [5.74, 6) is 0. The van der Waals surface area contributed by atoms with Crippen LogP contribution in [0.25, 0.3) is 22.2 Å². The Morgan fingerprint density at radius 1 is 0.633 bits per heavy atom. The summed E-state index contributed by atoms with van der Waals surface area (Å²) in [6, 6.07) is 9.15. The highest BCUT2D eigenvalue weighted by atomic mass is 14.9. The molecular weight excluding hydrogens is 364 g/mol. The largest absolute Gasteiger partial charge is 0.320 e. The van der Waals surface area contributed by atoms with E-state index in [-0.39, 0.29) is 0 Å². The van der Waals surface area contributed by atoms with E-state index in [4.69, 9.17) is 0 Å². The minimum absolute atomic E-state index is 1.06. The Balaban J connectivity index is 2.00. The van der Waals surface area contributed by atoms with Gasteiger partial charge in [-0.05, 0) is 99.9 Å². The van der Waals surface area contributed by atoms with Crippen LogP contribution in [0.5, 0.6) is 0 Å². The van der Waals surface area contributed by atoms with Gasteiger partial charge in [0.2, 0.25) is 0 Å². The summed E-state index contributed by atoms with van der Waals surface area (Å²) in [7, 11) is 0. The molecule has 4 aromatic rings. The van der Waals surface area contributed by atoms with E-state index in [1.807, 2.05) is 0 Å². The average Bonchev–Trinajstić information content (AvgIpc) is 3.16. The van der Waals surface area contributed by atoms with Crippen LogP contribution >= 0.6 is 0 Å². The van der Waals surface area contributed by atoms with Gasteiger partial charge in [-0.25, -0.2) is 0 Å². The second-order valence-corrected chi connectivity index (χ2v) is 8.71. The van der Waals surface area contributed by atoms with Crippen molar-refractivity contribution in [2.75, 3.05) is 0 Å². The normalized spacial score (nSPS) is 12.8. The van der Waals surface area contributed by atoms with E-state index in [9.17, 15) is 0 Å². The lowest BCUT2D eigenvalue weighted by atomic mass is 9.93. The zero-order valence-corrected chi connectivity index (χ0v) is 19.8. The number of hydrogen-bond donors (Lipinski definition) is 0. The van der Waals surface area contributed by atoms with E-state index >= 15 is 0 Å². The summed E-state index contributed by atoms with van der Waals surface area (Å²) in [5, 5.41) is 0. The van der Waals surface area contributed by atoms with Crippen LogP contribution in [0.4, 0.5) is 0 Å². The molecule has 0 saturated heterocycles. The molecule has 30 heavy (non-hydrogen) atoms. The van der Waals surface area contributed by atoms with Crippen LogP contribution in [-0.4, -0.2) is 8.80 Å². The Labute approximate surface area is 180 Å². The molecular formula is C28H34N2. The average molecular weight is 399 g/mol. The number of nitrogens with zero attached hydrogens (tertiary/aromatic N) is 2. The summed E-state index contributed by atoms with van der Waals surface area (Å²) in [6.07, 6.45) is 6.73. The van der Waals surface area contributed by atoms with Crippen LogP contribution in [0.3, 0.4) is 0 Å². The van der Waals surface area contributed by atoms with Gasteiger partial charge in [-0.2, -0.15) is 0 Å². The summed E-state index contributed by atoms with van der Waals surface area (Å²) in [5.41, 5.74) is 16.3. The molecule has 0 N–H and O–H groups in total. The van der Waals surface area contributed by atoms with Crippen LogP contribution in [0.1, 0.15) is 72.5 Å². The number of aromatic nitrogens is 2. The van der Waals surface area contributed by atoms with E-state index in [1.54, 1.807) is 0 Å². The minimum atomic E-state index is 1.06. The first-order chi connectivity index (χ1) is 14.3. The standard InChI is InChI=1S/C28H34N2/c1-9-23-11-13-25-27(19(5)21(7)29(25)15-23)17(3)18(4)28-20(6)22(8)30-16-24(10-2)12-14-26(28)30/h11-16H,9-10H2,1-8H3/b18-17+. The highest BCUT2D eigenvalue weighted by molar-refractivity contribution is 5.99.